The van der Waals surface area contributed by atoms with Gasteiger partial charge in [0.15, 0.2) is 0 Å². The highest BCUT2D eigenvalue weighted by Crippen LogP contribution is 2.45. The van der Waals surface area contributed by atoms with Crippen molar-refractivity contribution < 1.29 is 4.79 Å². The van der Waals surface area contributed by atoms with Crippen molar-refractivity contribution in [2.45, 2.75) is 0 Å². The Kier molecular flexibility index (Phi) is 2.44. The molecule has 0 fully saturated rings. The molecule has 0 amide bonds. The Morgan fingerprint density at radius 2 is 1.88 bits per heavy atom. The molecule has 3 rings (SSSR count). The van der Waals surface area contributed by atoms with E-state index in [1.165, 1.54) is 16.0 Å². The molecule has 0 aliphatic heterocycles. The smallest absolute Gasteiger partial charge is 0.263 e. The van der Waals surface area contributed by atoms with E-state index < -0.39 is 5.24 Å². The first-order valence-corrected chi connectivity index (χ1v) is 6.86. The van der Waals surface area contributed by atoms with Crippen molar-refractivity contribution in [2.75, 3.05) is 0 Å². The molecule has 0 radical (unpaired) electrons. The molecule has 0 spiro atoms. The molecule has 0 unspecified atom stereocenters. The van der Waals surface area contributed by atoms with E-state index >= 15 is 0 Å². The van der Waals surface area contributed by atoms with Gasteiger partial charge in [0.2, 0.25) is 0 Å². The third-order valence-electron chi connectivity index (χ3n) is 2.33. The van der Waals surface area contributed by atoms with Gasteiger partial charge >= 0.3 is 0 Å². The maximum absolute atomic E-state index is 11.2. The third-order valence-corrected chi connectivity index (χ3v) is 5.77. The first-order chi connectivity index (χ1) is 7.68. The Hall–Kier alpha value is -0.610. The minimum absolute atomic E-state index is 0.440. The fraction of sp³-hybridized carbons (Fsp3) is 0. The molecule has 0 atom stereocenters. The number of benzene rings is 1. The number of rotatable bonds is 1. The van der Waals surface area contributed by atoms with Crippen LogP contribution >= 0.6 is 45.9 Å². The summed E-state index contributed by atoms with van der Waals surface area (Å²) in [5.41, 5.74) is 0. The maximum atomic E-state index is 11.2. The molecule has 3 aromatic rings. The van der Waals surface area contributed by atoms with Crippen LogP contribution in [0, 0.1) is 0 Å². The summed E-state index contributed by atoms with van der Waals surface area (Å²) in [5, 5.41) is 1.14. The van der Waals surface area contributed by atoms with E-state index in [2.05, 4.69) is 0 Å². The molecule has 1 aromatic carbocycles. The van der Waals surface area contributed by atoms with Gasteiger partial charge in [-0.15, -0.1) is 22.7 Å². The van der Waals surface area contributed by atoms with Gasteiger partial charge in [-0.2, -0.15) is 0 Å². The highest BCUT2D eigenvalue weighted by atomic mass is 35.5. The molecule has 0 bridgehead atoms. The van der Waals surface area contributed by atoms with Gasteiger partial charge in [-0.25, -0.2) is 0 Å². The van der Waals surface area contributed by atoms with Crippen LogP contribution < -0.4 is 0 Å². The second kappa shape index (κ2) is 3.70. The molecule has 16 heavy (non-hydrogen) atoms. The number of carbonyl (C=O) groups excluding carboxylic acids is 1. The number of hydrogen-bond donors (Lipinski definition) is 0. The standard InChI is InChI=1S/C11H4Cl2OS2/c12-7-9-8(16-10(7)11(13)14)5-3-1-2-4-6(5)15-9/h1-4H. The van der Waals surface area contributed by atoms with Gasteiger partial charge in [-0.05, 0) is 17.7 Å². The number of thiophene rings is 2. The van der Waals surface area contributed by atoms with E-state index in [4.69, 9.17) is 23.2 Å². The molecule has 80 valence electrons. The largest absolute Gasteiger partial charge is 0.275 e. The molecular formula is C11H4Cl2OS2. The summed E-state index contributed by atoms with van der Waals surface area (Å²) < 4.78 is 3.19. The first-order valence-electron chi connectivity index (χ1n) is 4.48. The van der Waals surface area contributed by atoms with Crippen molar-refractivity contribution in [1.82, 2.24) is 0 Å². The zero-order valence-electron chi connectivity index (χ0n) is 7.79. The predicted molar refractivity (Wildman–Crippen MR) is 72.4 cm³/mol. The Balaban J connectivity index is 2.48. The van der Waals surface area contributed by atoms with Crippen molar-refractivity contribution in [3.63, 3.8) is 0 Å². The van der Waals surface area contributed by atoms with Crippen molar-refractivity contribution in [3.05, 3.63) is 34.2 Å². The lowest BCUT2D eigenvalue weighted by atomic mass is 10.2. The van der Waals surface area contributed by atoms with Crippen LogP contribution in [0.2, 0.25) is 5.02 Å². The van der Waals surface area contributed by atoms with E-state index in [9.17, 15) is 4.79 Å². The van der Waals surface area contributed by atoms with Crippen molar-refractivity contribution in [3.8, 4) is 0 Å². The van der Waals surface area contributed by atoms with Gasteiger partial charge < -0.3 is 0 Å². The first kappa shape index (κ1) is 10.5. The van der Waals surface area contributed by atoms with Crippen LogP contribution in [0.3, 0.4) is 0 Å². The number of halogens is 2. The topological polar surface area (TPSA) is 17.1 Å². The molecule has 0 aliphatic rings. The summed E-state index contributed by atoms with van der Waals surface area (Å²) >= 11 is 14.6. The van der Waals surface area contributed by atoms with Crippen molar-refractivity contribution in [1.29, 1.82) is 0 Å². The molecular weight excluding hydrogens is 283 g/mol. The van der Waals surface area contributed by atoms with Gasteiger partial charge in [-0.1, -0.05) is 29.8 Å². The highest BCUT2D eigenvalue weighted by Gasteiger charge is 2.18. The molecule has 5 heteroatoms. The molecule has 0 aliphatic carbocycles. The van der Waals surface area contributed by atoms with Gasteiger partial charge in [-0.3, -0.25) is 4.79 Å². The Bertz CT molecular complexity index is 711. The fourth-order valence-electron chi connectivity index (χ4n) is 1.64. The summed E-state index contributed by atoms with van der Waals surface area (Å²) in [6.07, 6.45) is 0. The zero-order valence-corrected chi connectivity index (χ0v) is 10.9. The molecule has 0 saturated heterocycles. The molecule has 1 nitrogen and oxygen atoms in total. The lowest BCUT2D eigenvalue weighted by molar-refractivity contribution is 0.108. The predicted octanol–water partition coefficient (Wildman–Crippen LogP) is 5.15. The van der Waals surface area contributed by atoms with Gasteiger partial charge in [0, 0.05) is 10.1 Å². The lowest BCUT2D eigenvalue weighted by Crippen LogP contribution is -1.81. The summed E-state index contributed by atoms with van der Waals surface area (Å²) in [5.74, 6) is 0. The SMILES string of the molecule is O=C(Cl)c1sc2c(sc3ccccc32)c1Cl. The second-order valence-electron chi connectivity index (χ2n) is 3.28. The summed E-state index contributed by atoms with van der Waals surface area (Å²) in [6, 6.07) is 8.04. The Morgan fingerprint density at radius 3 is 2.62 bits per heavy atom. The quantitative estimate of drug-likeness (QED) is 0.566. The third kappa shape index (κ3) is 1.39. The average molecular weight is 287 g/mol. The average Bonchev–Trinajstić information content (AvgIpc) is 2.76. The molecule has 2 aromatic heterocycles. The number of fused-ring (bicyclic) bond motifs is 3. The van der Waals surface area contributed by atoms with Crippen LogP contribution in [-0.4, -0.2) is 5.24 Å². The fourth-order valence-corrected chi connectivity index (χ4v) is 4.75. The van der Waals surface area contributed by atoms with Crippen LogP contribution in [0.1, 0.15) is 9.67 Å². The maximum Gasteiger partial charge on any atom is 0.263 e. The lowest BCUT2D eigenvalue weighted by Gasteiger charge is -1.88. The van der Waals surface area contributed by atoms with Crippen LogP contribution in [0.15, 0.2) is 24.3 Å². The number of hydrogen-bond acceptors (Lipinski definition) is 3. The van der Waals surface area contributed by atoms with Crippen molar-refractivity contribution >= 4 is 70.6 Å². The molecule has 0 N–H and O–H groups in total. The highest BCUT2D eigenvalue weighted by molar-refractivity contribution is 7.34. The monoisotopic (exact) mass is 286 g/mol. The summed E-state index contributed by atoms with van der Waals surface area (Å²) in [6.45, 7) is 0. The van der Waals surface area contributed by atoms with E-state index in [1.54, 1.807) is 11.3 Å². The Labute approximate surface area is 109 Å². The van der Waals surface area contributed by atoms with Gasteiger partial charge in [0.25, 0.3) is 5.24 Å². The van der Waals surface area contributed by atoms with E-state index in [-0.39, 0.29) is 0 Å². The summed E-state index contributed by atoms with van der Waals surface area (Å²) in [7, 11) is 0. The van der Waals surface area contributed by atoms with Crippen LogP contribution in [0.5, 0.6) is 0 Å². The van der Waals surface area contributed by atoms with E-state index in [1.807, 2.05) is 24.3 Å². The van der Waals surface area contributed by atoms with Crippen LogP contribution in [0.4, 0.5) is 0 Å². The van der Waals surface area contributed by atoms with Crippen LogP contribution in [-0.2, 0) is 0 Å². The minimum atomic E-state index is -0.484. The molecule has 2 heterocycles. The van der Waals surface area contributed by atoms with E-state index in [0.717, 1.165) is 14.8 Å². The van der Waals surface area contributed by atoms with Crippen LogP contribution in [0.25, 0.3) is 19.5 Å². The minimum Gasteiger partial charge on any atom is -0.275 e. The normalized spacial score (nSPS) is 11.4. The van der Waals surface area contributed by atoms with Gasteiger partial charge in [0.05, 0.1) is 14.4 Å². The van der Waals surface area contributed by atoms with Gasteiger partial charge in [0.1, 0.15) is 4.88 Å². The summed E-state index contributed by atoms with van der Waals surface area (Å²) in [4.78, 5) is 11.6. The second-order valence-corrected chi connectivity index (χ2v) is 6.07. The number of carbonyl (C=O) groups is 1. The van der Waals surface area contributed by atoms with Crippen molar-refractivity contribution in [2.24, 2.45) is 0 Å². The zero-order chi connectivity index (χ0) is 11.3. The Morgan fingerprint density at radius 1 is 1.12 bits per heavy atom. The van der Waals surface area contributed by atoms with E-state index in [0.29, 0.717) is 9.90 Å². The molecule has 0 saturated carbocycles.